The van der Waals surface area contributed by atoms with Crippen LogP contribution in [0.2, 0.25) is 0 Å². The maximum Gasteiger partial charge on any atom is 0.307 e. The zero-order valence-electron chi connectivity index (χ0n) is 15.1. The summed E-state index contributed by atoms with van der Waals surface area (Å²) >= 11 is 0. The molecule has 0 spiro atoms. The Balaban J connectivity index is 1.89. The minimum atomic E-state index is -0.271. The summed E-state index contributed by atoms with van der Waals surface area (Å²) in [4.78, 5) is 26.1. The predicted molar refractivity (Wildman–Crippen MR) is 96.4 cm³/mol. The first-order chi connectivity index (χ1) is 12.2. The highest BCUT2D eigenvalue weighted by atomic mass is 16.5. The number of methoxy groups -OCH3 is 1. The molecule has 25 heavy (non-hydrogen) atoms. The summed E-state index contributed by atoms with van der Waals surface area (Å²) in [7, 11) is 1.38. The van der Waals surface area contributed by atoms with E-state index >= 15 is 0 Å². The van der Waals surface area contributed by atoms with Gasteiger partial charge < -0.3 is 14.4 Å². The van der Waals surface area contributed by atoms with Gasteiger partial charge in [0, 0.05) is 12.6 Å². The number of hydrogen-bond donors (Lipinski definition) is 0. The SMILES string of the molecule is COC(=O)CCN(C(=O)CCOc1ccccc1)C1CCCCCC1. The Morgan fingerprint density at radius 2 is 1.72 bits per heavy atom. The zero-order valence-corrected chi connectivity index (χ0v) is 15.1. The number of carbonyl (C=O) groups excluding carboxylic acids is 2. The van der Waals surface area contributed by atoms with E-state index in [1.807, 2.05) is 35.2 Å². The Bertz CT molecular complexity index is 524. The van der Waals surface area contributed by atoms with Gasteiger partial charge in [-0.25, -0.2) is 0 Å². The van der Waals surface area contributed by atoms with E-state index in [9.17, 15) is 9.59 Å². The molecule has 0 N–H and O–H groups in total. The highest BCUT2D eigenvalue weighted by Gasteiger charge is 2.25. The van der Waals surface area contributed by atoms with Gasteiger partial charge >= 0.3 is 5.97 Å². The molecule has 0 aromatic heterocycles. The largest absolute Gasteiger partial charge is 0.493 e. The lowest BCUT2D eigenvalue weighted by Gasteiger charge is -2.31. The van der Waals surface area contributed by atoms with Gasteiger partial charge in [-0.1, -0.05) is 43.9 Å². The molecule has 1 fully saturated rings. The van der Waals surface area contributed by atoms with E-state index in [0.29, 0.717) is 19.6 Å². The Morgan fingerprint density at radius 1 is 1.04 bits per heavy atom. The van der Waals surface area contributed by atoms with Crippen molar-refractivity contribution >= 4 is 11.9 Å². The number of benzene rings is 1. The van der Waals surface area contributed by atoms with Crippen LogP contribution in [0.4, 0.5) is 0 Å². The minimum absolute atomic E-state index is 0.0618. The van der Waals surface area contributed by atoms with E-state index in [2.05, 4.69) is 0 Å². The Hall–Kier alpha value is -2.04. The van der Waals surface area contributed by atoms with E-state index in [1.54, 1.807) is 0 Å². The third-order valence-electron chi connectivity index (χ3n) is 4.70. The third-order valence-corrected chi connectivity index (χ3v) is 4.70. The number of rotatable bonds is 8. The van der Waals surface area contributed by atoms with Crippen molar-refractivity contribution < 1.29 is 19.1 Å². The van der Waals surface area contributed by atoms with Crippen LogP contribution in [0.5, 0.6) is 5.75 Å². The lowest BCUT2D eigenvalue weighted by molar-refractivity contribution is -0.142. The molecule has 0 bridgehead atoms. The smallest absolute Gasteiger partial charge is 0.307 e. The third kappa shape index (κ3) is 6.77. The summed E-state index contributed by atoms with van der Waals surface area (Å²) in [6.07, 6.45) is 7.36. The molecular weight excluding hydrogens is 318 g/mol. The molecule has 0 atom stereocenters. The average Bonchev–Trinajstić information content (AvgIpc) is 2.92. The lowest BCUT2D eigenvalue weighted by Crippen LogP contribution is -2.42. The van der Waals surface area contributed by atoms with Gasteiger partial charge in [-0.15, -0.1) is 0 Å². The van der Waals surface area contributed by atoms with Crippen molar-refractivity contribution in [2.24, 2.45) is 0 Å². The van der Waals surface area contributed by atoms with Crippen LogP contribution in [0.3, 0.4) is 0 Å². The monoisotopic (exact) mass is 347 g/mol. The van der Waals surface area contributed by atoms with Crippen molar-refractivity contribution in [1.82, 2.24) is 4.90 Å². The fraction of sp³-hybridized carbons (Fsp3) is 0.600. The molecule has 0 heterocycles. The number of ether oxygens (including phenoxy) is 2. The van der Waals surface area contributed by atoms with E-state index in [0.717, 1.165) is 31.4 Å². The quantitative estimate of drug-likeness (QED) is 0.533. The topological polar surface area (TPSA) is 55.8 Å². The number of esters is 1. The summed E-state index contributed by atoms with van der Waals surface area (Å²) in [5, 5.41) is 0. The zero-order chi connectivity index (χ0) is 17.9. The van der Waals surface area contributed by atoms with Gasteiger partial charge in [0.15, 0.2) is 0 Å². The molecule has 0 saturated heterocycles. The van der Waals surface area contributed by atoms with Crippen LogP contribution in [-0.4, -0.2) is 43.1 Å². The number of carbonyl (C=O) groups is 2. The average molecular weight is 347 g/mol. The highest BCUT2D eigenvalue weighted by Crippen LogP contribution is 2.23. The first kappa shape index (κ1) is 19.3. The van der Waals surface area contributed by atoms with Crippen molar-refractivity contribution in [3.05, 3.63) is 30.3 Å². The maximum absolute atomic E-state index is 12.7. The normalized spacial score (nSPS) is 15.2. The van der Waals surface area contributed by atoms with Gasteiger partial charge in [0.05, 0.1) is 26.6 Å². The standard InChI is InChI=1S/C20H29NO4/c1-24-20(23)13-15-21(17-9-5-2-3-6-10-17)19(22)14-16-25-18-11-7-4-8-12-18/h4,7-8,11-12,17H,2-3,5-6,9-10,13-16H2,1H3. The molecule has 1 amide bonds. The minimum Gasteiger partial charge on any atom is -0.493 e. The van der Waals surface area contributed by atoms with Crippen molar-refractivity contribution in [1.29, 1.82) is 0 Å². The second kappa shape index (κ2) is 10.7. The molecule has 1 aromatic rings. The highest BCUT2D eigenvalue weighted by molar-refractivity contribution is 5.77. The van der Waals surface area contributed by atoms with Crippen LogP contribution < -0.4 is 4.74 Å². The van der Waals surface area contributed by atoms with E-state index < -0.39 is 0 Å². The number of nitrogens with zero attached hydrogens (tertiary/aromatic N) is 1. The van der Waals surface area contributed by atoms with Crippen LogP contribution in [0.15, 0.2) is 30.3 Å². The molecule has 1 aromatic carbocycles. The fourth-order valence-corrected chi connectivity index (χ4v) is 3.31. The van der Waals surface area contributed by atoms with Gasteiger partial charge in [0.1, 0.15) is 5.75 Å². The fourth-order valence-electron chi connectivity index (χ4n) is 3.31. The second-order valence-corrected chi connectivity index (χ2v) is 6.47. The van der Waals surface area contributed by atoms with Gasteiger partial charge in [-0.3, -0.25) is 9.59 Å². The van der Waals surface area contributed by atoms with Gasteiger partial charge in [-0.2, -0.15) is 0 Å². The summed E-state index contributed by atoms with van der Waals surface area (Å²) in [6.45, 7) is 0.784. The number of para-hydroxylation sites is 1. The Labute approximate surface area is 150 Å². The molecular formula is C20H29NO4. The van der Waals surface area contributed by atoms with Gasteiger partial charge in [-0.05, 0) is 25.0 Å². The number of amides is 1. The lowest BCUT2D eigenvalue weighted by atomic mass is 10.1. The van der Waals surface area contributed by atoms with E-state index in [4.69, 9.17) is 9.47 Å². The molecule has 0 radical (unpaired) electrons. The molecule has 1 saturated carbocycles. The molecule has 1 aliphatic rings. The summed E-state index contributed by atoms with van der Waals surface area (Å²) in [5.41, 5.74) is 0. The first-order valence-electron chi connectivity index (χ1n) is 9.25. The first-order valence-corrected chi connectivity index (χ1v) is 9.25. The molecule has 0 unspecified atom stereocenters. The van der Waals surface area contributed by atoms with E-state index in [-0.39, 0.29) is 24.3 Å². The molecule has 1 aliphatic carbocycles. The van der Waals surface area contributed by atoms with Crippen LogP contribution in [-0.2, 0) is 14.3 Å². The molecule has 5 nitrogen and oxygen atoms in total. The Kier molecular flexibility index (Phi) is 8.29. The van der Waals surface area contributed by atoms with Crippen LogP contribution in [0.25, 0.3) is 0 Å². The van der Waals surface area contributed by atoms with Crippen molar-refractivity contribution in [2.75, 3.05) is 20.3 Å². The Morgan fingerprint density at radius 3 is 2.36 bits per heavy atom. The summed E-state index contributed by atoms with van der Waals surface area (Å²) in [6, 6.07) is 9.74. The molecule has 138 valence electrons. The maximum atomic E-state index is 12.7. The van der Waals surface area contributed by atoms with Gasteiger partial charge in [0.25, 0.3) is 0 Å². The summed E-state index contributed by atoms with van der Waals surface area (Å²) in [5.74, 6) is 0.560. The van der Waals surface area contributed by atoms with Crippen molar-refractivity contribution in [2.45, 2.75) is 57.4 Å². The van der Waals surface area contributed by atoms with Gasteiger partial charge in [0.2, 0.25) is 5.91 Å². The van der Waals surface area contributed by atoms with E-state index in [1.165, 1.54) is 20.0 Å². The van der Waals surface area contributed by atoms with Crippen LogP contribution in [0, 0.1) is 0 Å². The van der Waals surface area contributed by atoms with Crippen LogP contribution >= 0.6 is 0 Å². The second-order valence-electron chi connectivity index (χ2n) is 6.47. The predicted octanol–water partition coefficient (Wildman–Crippen LogP) is 3.57. The molecule has 2 rings (SSSR count). The molecule has 5 heteroatoms. The number of hydrogen-bond acceptors (Lipinski definition) is 4. The summed E-state index contributed by atoms with van der Waals surface area (Å²) < 4.78 is 10.4. The van der Waals surface area contributed by atoms with Crippen LogP contribution in [0.1, 0.15) is 51.4 Å². The van der Waals surface area contributed by atoms with Crippen molar-refractivity contribution in [3.8, 4) is 5.75 Å². The van der Waals surface area contributed by atoms with Crippen molar-refractivity contribution in [3.63, 3.8) is 0 Å². The molecule has 0 aliphatic heterocycles.